The third-order valence-corrected chi connectivity index (χ3v) is 12.3. The van der Waals surface area contributed by atoms with Crippen LogP contribution >= 0.6 is 0 Å². The zero-order chi connectivity index (χ0) is 26.0. The maximum Gasteiger partial charge on any atom is 0.331 e. The number of fused-ring (bicyclic) bond motifs is 7. The number of aliphatic hydroxyl groups is 3. The highest BCUT2D eigenvalue weighted by atomic mass is 16.8. The Labute approximate surface area is 218 Å². The quantitative estimate of drug-likeness (QED) is 0.359. The Morgan fingerprint density at radius 2 is 1.78 bits per heavy atom. The number of esters is 1. The van der Waals surface area contributed by atoms with Gasteiger partial charge in [0.05, 0.1) is 23.9 Å². The van der Waals surface area contributed by atoms with Gasteiger partial charge in [-0.2, -0.15) is 0 Å². The molecule has 0 aromatic heterocycles. The summed E-state index contributed by atoms with van der Waals surface area (Å²) in [6.45, 7) is 6.85. The molecule has 7 rings (SSSR count). The van der Waals surface area contributed by atoms with Gasteiger partial charge >= 0.3 is 5.97 Å². The zero-order valence-electron chi connectivity index (χ0n) is 22.2. The summed E-state index contributed by atoms with van der Waals surface area (Å²) in [6, 6.07) is 0. The van der Waals surface area contributed by atoms with Crippen molar-refractivity contribution in [1.29, 1.82) is 0 Å². The molecule has 7 aliphatic rings. The van der Waals surface area contributed by atoms with Gasteiger partial charge in [-0.1, -0.05) is 13.8 Å². The van der Waals surface area contributed by atoms with E-state index in [0.29, 0.717) is 24.9 Å². The SMILES string of the molecule is C[C@@H]1C[C@@H](O)[C@]2(O)O[C@@H]3C[C@@]4(C)[C@H](CC[C@@H]5[C@H]4CC[C@]4(C)[C@@H](C6=CC(=O)OC6)CC[C@]54O)C[C@H]3O[C@@H]2O1. The third kappa shape index (κ3) is 3.26. The maximum atomic E-state index is 12.5. The summed E-state index contributed by atoms with van der Waals surface area (Å²) in [7, 11) is 0. The molecule has 0 radical (unpaired) electrons. The predicted molar refractivity (Wildman–Crippen MR) is 131 cm³/mol. The van der Waals surface area contributed by atoms with Crippen LogP contribution in [0.1, 0.15) is 78.6 Å². The first-order valence-electron chi connectivity index (χ1n) is 14.5. The second-order valence-electron chi connectivity index (χ2n) is 13.8. The molecule has 206 valence electrons. The summed E-state index contributed by atoms with van der Waals surface area (Å²) in [5.41, 5.74) is -0.0261. The fourth-order valence-electron chi connectivity index (χ4n) is 10.3. The lowest BCUT2D eigenvalue weighted by molar-refractivity contribution is -0.458. The van der Waals surface area contributed by atoms with E-state index in [0.717, 1.165) is 56.9 Å². The highest BCUT2D eigenvalue weighted by molar-refractivity contribution is 5.85. The van der Waals surface area contributed by atoms with Crippen molar-refractivity contribution in [1.82, 2.24) is 0 Å². The number of aliphatic hydroxyl groups excluding tert-OH is 1. The van der Waals surface area contributed by atoms with Crippen LogP contribution in [0.4, 0.5) is 0 Å². The minimum absolute atomic E-state index is 0.0503. The molecule has 0 unspecified atom stereocenters. The largest absolute Gasteiger partial charge is 0.458 e. The summed E-state index contributed by atoms with van der Waals surface area (Å²) in [5, 5.41) is 34.4. The minimum Gasteiger partial charge on any atom is -0.458 e. The van der Waals surface area contributed by atoms with E-state index >= 15 is 0 Å². The standard InChI is InChI=1S/C29H42O8/c1-15-10-23(30)29(33)25(35-15)36-21-12-17-4-5-20-19(26(17,2)13-22(21)37-29)6-8-27(3)18(7-9-28(20,27)32)16-11-24(31)34-14-16/h11,15,17-23,25,30,32-33H,4-10,12-14H2,1-3H3/t15-,17-,18-,19-,20-,21-,22-,23-,25+,26+,27-,28+,29+/m1/s1. The number of hydrogen-bond donors (Lipinski definition) is 3. The molecule has 0 spiro atoms. The van der Waals surface area contributed by atoms with E-state index in [1.807, 2.05) is 6.92 Å². The minimum atomic E-state index is -1.85. The van der Waals surface area contributed by atoms with Crippen LogP contribution in [0.15, 0.2) is 11.6 Å². The van der Waals surface area contributed by atoms with Crippen molar-refractivity contribution >= 4 is 5.97 Å². The number of hydrogen-bond acceptors (Lipinski definition) is 8. The number of carbonyl (C=O) groups excluding carboxylic acids is 1. The highest BCUT2D eigenvalue weighted by Crippen LogP contribution is 2.70. The van der Waals surface area contributed by atoms with E-state index in [4.69, 9.17) is 18.9 Å². The van der Waals surface area contributed by atoms with Crippen LogP contribution < -0.4 is 0 Å². The maximum absolute atomic E-state index is 12.5. The van der Waals surface area contributed by atoms with E-state index < -0.39 is 23.8 Å². The van der Waals surface area contributed by atoms with Gasteiger partial charge in [-0.15, -0.1) is 0 Å². The lowest BCUT2D eigenvalue weighted by Crippen LogP contribution is -2.70. The molecule has 37 heavy (non-hydrogen) atoms. The Morgan fingerprint density at radius 1 is 0.973 bits per heavy atom. The van der Waals surface area contributed by atoms with Gasteiger partial charge in [-0.05, 0) is 93.0 Å². The third-order valence-electron chi connectivity index (χ3n) is 12.3. The van der Waals surface area contributed by atoms with Gasteiger partial charge in [0.1, 0.15) is 12.7 Å². The number of carbonyl (C=O) groups is 1. The molecule has 8 nitrogen and oxygen atoms in total. The smallest absolute Gasteiger partial charge is 0.331 e. The molecule has 0 amide bonds. The Kier molecular flexibility index (Phi) is 5.41. The fourth-order valence-corrected chi connectivity index (χ4v) is 10.3. The van der Waals surface area contributed by atoms with Gasteiger partial charge in [0, 0.05) is 17.9 Å². The van der Waals surface area contributed by atoms with Crippen LogP contribution in [0.3, 0.4) is 0 Å². The monoisotopic (exact) mass is 518 g/mol. The topological polar surface area (TPSA) is 115 Å². The Balaban J connectivity index is 1.16. The molecule has 6 fully saturated rings. The number of cyclic esters (lactones) is 1. The molecule has 0 bridgehead atoms. The van der Waals surface area contributed by atoms with Crippen LogP contribution in [-0.2, 0) is 23.7 Å². The van der Waals surface area contributed by atoms with E-state index in [-0.39, 0.29) is 46.9 Å². The van der Waals surface area contributed by atoms with Crippen molar-refractivity contribution in [2.75, 3.05) is 6.61 Å². The highest BCUT2D eigenvalue weighted by Gasteiger charge is 2.69. The Bertz CT molecular complexity index is 1010. The van der Waals surface area contributed by atoms with Crippen LogP contribution in [0.25, 0.3) is 0 Å². The lowest BCUT2D eigenvalue weighted by atomic mass is 9.43. The van der Waals surface area contributed by atoms with E-state index in [1.165, 1.54) is 0 Å². The molecule has 3 heterocycles. The van der Waals surface area contributed by atoms with Gasteiger partial charge in [0.15, 0.2) is 0 Å². The average molecular weight is 519 g/mol. The summed E-state index contributed by atoms with van der Waals surface area (Å²) in [5.74, 6) is -0.928. The first kappa shape index (κ1) is 25.0. The summed E-state index contributed by atoms with van der Waals surface area (Å²) < 4.78 is 23.7. The zero-order valence-corrected chi connectivity index (χ0v) is 22.2. The van der Waals surface area contributed by atoms with Crippen molar-refractivity contribution in [2.45, 2.75) is 121 Å². The molecular weight excluding hydrogens is 476 g/mol. The van der Waals surface area contributed by atoms with Crippen molar-refractivity contribution in [3.05, 3.63) is 11.6 Å². The first-order valence-corrected chi connectivity index (χ1v) is 14.5. The van der Waals surface area contributed by atoms with Crippen LogP contribution in [-0.4, -0.2) is 70.0 Å². The molecule has 3 N–H and O–H groups in total. The van der Waals surface area contributed by atoms with Crippen molar-refractivity contribution < 1.29 is 39.1 Å². The van der Waals surface area contributed by atoms with Crippen LogP contribution in [0.2, 0.25) is 0 Å². The molecular formula is C29H42O8. The van der Waals surface area contributed by atoms with Crippen molar-refractivity contribution in [3.63, 3.8) is 0 Å². The average Bonchev–Trinajstić information content (AvgIpc) is 3.37. The predicted octanol–water partition coefficient (Wildman–Crippen LogP) is 2.82. The number of rotatable bonds is 1. The molecule has 4 saturated carbocycles. The van der Waals surface area contributed by atoms with Gasteiger partial charge in [0.2, 0.25) is 12.1 Å². The summed E-state index contributed by atoms with van der Waals surface area (Å²) >= 11 is 0. The Hall–Kier alpha value is -1.03. The van der Waals surface area contributed by atoms with E-state index in [9.17, 15) is 20.1 Å². The first-order chi connectivity index (χ1) is 17.5. The van der Waals surface area contributed by atoms with Crippen LogP contribution in [0.5, 0.6) is 0 Å². The Morgan fingerprint density at radius 3 is 2.54 bits per heavy atom. The molecule has 3 aliphatic heterocycles. The van der Waals surface area contributed by atoms with E-state index in [2.05, 4.69) is 13.8 Å². The summed E-state index contributed by atoms with van der Waals surface area (Å²) in [4.78, 5) is 11.8. The molecule has 13 atom stereocenters. The number of ether oxygens (including phenoxy) is 4. The molecule has 8 heteroatoms. The normalized spacial score (nSPS) is 58.8. The van der Waals surface area contributed by atoms with Crippen LogP contribution in [0, 0.1) is 34.5 Å². The van der Waals surface area contributed by atoms with Gasteiger partial charge in [0.25, 0.3) is 0 Å². The molecule has 2 saturated heterocycles. The second kappa shape index (κ2) is 8.01. The molecule has 0 aromatic rings. The van der Waals surface area contributed by atoms with Crippen molar-refractivity contribution in [3.8, 4) is 0 Å². The van der Waals surface area contributed by atoms with Gasteiger partial charge < -0.3 is 34.3 Å². The lowest BCUT2D eigenvalue weighted by Gasteiger charge is -2.65. The van der Waals surface area contributed by atoms with E-state index in [1.54, 1.807) is 6.08 Å². The molecule has 4 aliphatic carbocycles. The van der Waals surface area contributed by atoms with Gasteiger partial charge in [-0.25, -0.2) is 4.79 Å². The summed E-state index contributed by atoms with van der Waals surface area (Å²) in [6.07, 6.45) is 6.46. The fraction of sp³-hybridized carbons (Fsp3) is 0.897. The van der Waals surface area contributed by atoms with Crippen molar-refractivity contribution in [2.24, 2.45) is 34.5 Å². The molecule has 0 aromatic carbocycles. The van der Waals surface area contributed by atoms with Gasteiger partial charge in [-0.3, -0.25) is 0 Å². The second-order valence-corrected chi connectivity index (χ2v) is 13.8.